The van der Waals surface area contributed by atoms with Gasteiger partial charge in [-0.05, 0) is 30.3 Å². The second-order valence-electron chi connectivity index (χ2n) is 6.75. The van der Waals surface area contributed by atoms with Crippen LogP contribution >= 0.6 is 11.6 Å². The summed E-state index contributed by atoms with van der Waals surface area (Å²) < 4.78 is 5.21. The number of rotatable bonds is 6. The first-order valence-electron chi connectivity index (χ1n) is 9.01. The lowest BCUT2D eigenvalue weighted by Crippen LogP contribution is -3.11. The Morgan fingerprint density at radius 2 is 2.00 bits per heavy atom. The van der Waals surface area contributed by atoms with Crippen LogP contribution in [0.1, 0.15) is 0 Å². The van der Waals surface area contributed by atoms with Crippen LogP contribution in [0.15, 0.2) is 42.5 Å². The first-order chi connectivity index (χ1) is 13.9. The van der Waals surface area contributed by atoms with E-state index < -0.39 is 0 Å². The smallest absolute Gasteiger partial charge is 0.282 e. The van der Waals surface area contributed by atoms with E-state index in [1.165, 1.54) is 12.0 Å². The number of para-hydroxylation sites is 2. The molecule has 152 valence electrons. The molecule has 1 aliphatic rings. The predicted octanol–water partition coefficient (Wildman–Crippen LogP) is 0.787. The van der Waals surface area contributed by atoms with E-state index in [4.69, 9.17) is 16.3 Å². The monoisotopic (exact) mass is 417 g/mol. The van der Waals surface area contributed by atoms with Gasteiger partial charge in [0.1, 0.15) is 12.3 Å². The number of ether oxygens (including phenoxy) is 1. The molecular formula is C20H22ClN4O4+. The topological polar surface area (TPSA) is 92.2 Å². The zero-order valence-electron chi connectivity index (χ0n) is 16.1. The maximum absolute atomic E-state index is 12.8. The number of nitrogens with one attached hydrogen (secondary N) is 3. The summed E-state index contributed by atoms with van der Waals surface area (Å²) in [5.41, 5.74) is 1.71. The van der Waals surface area contributed by atoms with Crippen LogP contribution < -0.4 is 25.2 Å². The molecule has 0 aliphatic carbocycles. The molecule has 2 aromatic rings. The van der Waals surface area contributed by atoms with E-state index in [-0.39, 0.29) is 37.4 Å². The molecule has 3 rings (SSSR count). The number of fused-ring (bicyclic) bond motifs is 1. The third-order valence-electron chi connectivity index (χ3n) is 4.42. The van der Waals surface area contributed by atoms with Gasteiger partial charge in [0, 0.05) is 5.02 Å². The molecule has 9 heteroatoms. The average molecular weight is 418 g/mol. The van der Waals surface area contributed by atoms with Crippen LogP contribution in [0.2, 0.25) is 5.02 Å². The number of methoxy groups -OCH3 is 1. The lowest BCUT2D eigenvalue weighted by molar-refractivity contribution is -0.862. The normalized spacial score (nSPS) is 13.9. The summed E-state index contributed by atoms with van der Waals surface area (Å²) in [7, 11) is 3.24. The third kappa shape index (κ3) is 5.04. The Balaban J connectivity index is 1.61. The number of anilines is 3. The molecule has 3 amide bonds. The number of halogens is 1. The quantitative estimate of drug-likeness (QED) is 0.648. The molecule has 1 heterocycles. The molecule has 8 nitrogen and oxygen atoms in total. The summed E-state index contributed by atoms with van der Waals surface area (Å²) in [5, 5.41) is 5.97. The number of amides is 3. The number of hydrogen-bond donors (Lipinski definition) is 3. The number of quaternary nitrogens is 1. The number of nitrogens with zero attached hydrogens (tertiary/aromatic N) is 1. The van der Waals surface area contributed by atoms with E-state index in [1.807, 2.05) is 0 Å². The summed E-state index contributed by atoms with van der Waals surface area (Å²) >= 11 is 5.98. The molecule has 1 aliphatic heterocycles. The maximum atomic E-state index is 12.8. The molecule has 0 aromatic heterocycles. The minimum absolute atomic E-state index is 0.0466. The SMILES string of the molecule is COc1ccc(Cl)cc1NC(=O)C[NH+](C)CC(=O)N1CC(=O)Nc2ccccc21. The second-order valence-corrected chi connectivity index (χ2v) is 7.19. The van der Waals surface area contributed by atoms with Crippen LogP contribution in [0.4, 0.5) is 17.1 Å². The van der Waals surface area contributed by atoms with E-state index in [1.54, 1.807) is 49.5 Å². The molecule has 1 unspecified atom stereocenters. The van der Waals surface area contributed by atoms with Gasteiger partial charge in [-0.1, -0.05) is 23.7 Å². The molecule has 0 spiro atoms. The summed E-state index contributed by atoms with van der Waals surface area (Å²) in [5.74, 6) is -0.279. The van der Waals surface area contributed by atoms with E-state index in [9.17, 15) is 14.4 Å². The highest BCUT2D eigenvalue weighted by Crippen LogP contribution is 2.29. The molecule has 3 N–H and O–H groups in total. The Hall–Kier alpha value is -3.10. The van der Waals surface area contributed by atoms with Crippen molar-refractivity contribution in [1.82, 2.24) is 0 Å². The molecule has 0 saturated heterocycles. The van der Waals surface area contributed by atoms with Crippen molar-refractivity contribution in [1.29, 1.82) is 0 Å². The van der Waals surface area contributed by atoms with Crippen LogP contribution in [0.3, 0.4) is 0 Å². The van der Waals surface area contributed by atoms with Crippen molar-refractivity contribution in [2.75, 3.05) is 49.3 Å². The van der Waals surface area contributed by atoms with Crippen molar-refractivity contribution in [3.63, 3.8) is 0 Å². The summed E-state index contributed by atoms with van der Waals surface area (Å²) in [4.78, 5) is 39.2. The maximum Gasteiger partial charge on any atom is 0.282 e. The summed E-state index contributed by atoms with van der Waals surface area (Å²) in [6, 6.07) is 12.0. The molecule has 1 atom stereocenters. The van der Waals surface area contributed by atoms with Crippen molar-refractivity contribution in [3.8, 4) is 5.75 Å². The first kappa shape index (κ1) is 20.6. The zero-order chi connectivity index (χ0) is 21.0. The van der Waals surface area contributed by atoms with Crippen LogP contribution in [0.25, 0.3) is 0 Å². The molecule has 0 fully saturated rings. The van der Waals surface area contributed by atoms with Crippen LogP contribution in [0, 0.1) is 0 Å². The van der Waals surface area contributed by atoms with Crippen molar-refractivity contribution in [2.24, 2.45) is 0 Å². The van der Waals surface area contributed by atoms with Gasteiger partial charge in [-0.15, -0.1) is 0 Å². The number of benzene rings is 2. The third-order valence-corrected chi connectivity index (χ3v) is 4.66. The van der Waals surface area contributed by atoms with Crippen LogP contribution in [0.5, 0.6) is 5.75 Å². The molecule has 0 bridgehead atoms. The van der Waals surface area contributed by atoms with E-state index >= 15 is 0 Å². The van der Waals surface area contributed by atoms with E-state index in [0.29, 0.717) is 32.7 Å². The summed E-state index contributed by atoms with van der Waals surface area (Å²) in [6.07, 6.45) is 0. The number of carbonyl (C=O) groups is 3. The first-order valence-corrected chi connectivity index (χ1v) is 9.39. The zero-order valence-corrected chi connectivity index (χ0v) is 16.9. The molecule has 29 heavy (non-hydrogen) atoms. The van der Waals surface area contributed by atoms with Gasteiger partial charge in [0.25, 0.3) is 11.8 Å². The number of carbonyl (C=O) groups excluding carboxylic acids is 3. The van der Waals surface area contributed by atoms with Gasteiger partial charge >= 0.3 is 0 Å². The van der Waals surface area contributed by atoms with E-state index in [2.05, 4.69) is 10.6 Å². The summed E-state index contributed by atoms with van der Waals surface area (Å²) in [6.45, 7) is 0.0693. The van der Waals surface area contributed by atoms with Gasteiger partial charge in [0.15, 0.2) is 13.1 Å². The Morgan fingerprint density at radius 1 is 1.24 bits per heavy atom. The Morgan fingerprint density at radius 3 is 2.76 bits per heavy atom. The molecular weight excluding hydrogens is 396 g/mol. The number of hydrogen-bond acceptors (Lipinski definition) is 4. The minimum Gasteiger partial charge on any atom is -0.495 e. The predicted molar refractivity (Wildman–Crippen MR) is 111 cm³/mol. The highest BCUT2D eigenvalue weighted by Gasteiger charge is 2.28. The Kier molecular flexibility index (Phi) is 6.36. The highest BCUT2D eigenvalue weighted by atomic mass is 35.5. The van der Waals surface area contributed by atoms with Gasteiger partial charge in [0.05, 0.1) is 31.2 Å². The Labute approximate surface area is 173 Å². The van der Waals surface area contributed by atoms with Crippen molar-refractivity contribution in [2.45, 2.75) is 0 Å². The van der Waals surface area contributed by atoms with Gasteiger partial charge in [-0.3, -0.25) is 19.3 Å². The van der Waals surface area contributed by atoms with Gasteiger partial charge in [-0.25, -0.2) is 0 Å². The van der Waals surface area contributed by atoms with Crippen molar-refractivity contribution >= 4 is 46.4 Å². The molecule has 0 radical (unpaired) electrons. The fourth-order valence-corrected chi connectivity index (χ4v) is 3.29. The highest BCUT2D eigenvalue weighted by molar-refractivity contribution is 6.31. The molecule has 0 saturated carbocycles. The van der Waals surface area contributed by atoms with Crippen molar-refractivity contribution < 1.29 is 24.0 Å². The number of likely N-dealkylation sites (N-methyl/N-ethyl adjacent to an activating group) is 1. The minimum atomic E-state index is -0.285. The van der Waals surface area contributed by atoms with Crippen molar-refractivity contribution in [3.05, 3.63) is 47.5 Å². The van der Waals surface area contributed by atoms with Gasteiger partial charge < -0.3 is 20.3 Å². The van der Waals surface area contributed by atoms with E-state index in [0.717, 1.165) is 0 Å². The van der Waals surface area contributed by atoms with Crippen LogP contribution in [-0.4, -0.2) is 51.5 Å². The fraction of sp³-hybridized carbons (Fsp3) is 0.250. The standard InChI is InChI=1S/C20H21ClN4O4/c1-24(10-18(26)23-15-9-13(21)7-8-17(15)29-2)12-20(28)25-11-19(27)22-14-5-3-4-6-16(14)25/h3-9H,10-12H2,1-2H3,(H,22,27)(H,23,26)/p+1. The molecule has 2 aromatic carbocycles. The lowest BCUT2D eigenvalue weighted by Gasteiger charge is -2.29. The average Bonchev–Trinajstić information content (AvgIpc) is 2.67. The van der Waals surface area contributed by atoms with Gasteiger partial charge in [0.2, 0.25) is 5.91 Å². The van der Waals surface area contributed by atoms with Gasteiger partial charge in [-0.2, -0.15) is 0 Å². The Bertz CT molecular complexity index is 950. The fourth-order valence-electron chi connectivity index (χ4n) is 3.12. The largest absolute Gasteiger partial charge is 0.495 e. The van der Waals surface area contributed by atoms with Crippen LogP contribution in [-0.2, 0) is 14.4 Å². The lowest BCUT2D eigenvalue weighted by atomic mass is 10.2. The second kappa shape index (κ2) is 8.93.